The Labute approximate surface area is 169 Å². The number of ether oxygens (including phenoxy) is 2. The molecule has 3 aromatic rings. The summed E-state index contributed by atoms with van der Waals surface area (Å²) < 4.78 is 12.2. The van der Waals surface area contributed by atoms with Crippen LogP contribution in [0, 0.1) is 6.92 Å². The zero-order valence-electron chi connectivity index (χ0n) is 16.8. The van der Waals surface area contributed by atoms with E-state index in [1.165, 1.54) is 19.0 Å². The van der Waals surface area contributed by atoms with Crippen LogP contribution in [0.25, 0.3) is 0 Å². The number of carbonyl (C=O) groups excluding carboxylic acids is 1. The average molecular weight is 392 g/mol. The summed E-state index contributed by atoms with van der Waals surface area (Å²) in [5, 5.41) is 4.43. The van der Waals surface area contributed by atoms with Gasteiger partial charge in [-0.25, -0.2) is 4.68 Å². The summed E-state index contributed by atoms with van der Waals surface area (Å²) in [6.07, 6.45) is 2.18. The van der Waals surface area contributed by atoms with Crippen LogP contribution in [0.5, 0.6) is 5.75 Å². The monoisotopic (exact) mass is 392 g/mol. The molecule has 1 aliphatic rings. The van der Waals surface area contributed by atoms with Crippen molar-refractivity contribution in [3.05, 3.63) is 71.5 Å². The van der Waals surface area contributed by atoms with E-state index < -0.39 is 0 Å². The van der Waals surface area contributed by atoms with Gasteiger partial charge in [0.25, 0.3) is 5.91 Å². The van der Waals surface area contributed by atoms with Gasteiger partial charge < -0.3 is 9.47 Å². The summed E-state index contributed by atoms with van der Waals surface area (Å²) in [5.41, 5.74) is 3.33. The van der Waals surface area contributed by atoms with E-state index in [2.05, 4.69) is 41.3 Å². The Bertz CT molecular complexity index is 982. The van der Waals surface area contributed by atoms with Crippen LogP contribution in [-0.4, -0.2) is 41.5 Å². The Hall–Kier alpha value is -3.19. The number of hydrogen-bond donors (Lipinski definition) is 0. The number of methoxy groups -OCH3 is 2. The molecule has 150 valence electrons. The number of rotatable bonds is 5. The van der Waals surface area contributed by atoms with Crippen molar-refractivity contribution in [3.63, 3.8) is 0 Å². The van der Waals surface area contributed by atoms with Crippen LogP contribution in [0.4, 0.5) is 5.95 Å². The molecule has 29 heavy (non-hydrogen) atoms. The number of aromatic nitrogens is 3. The second kappa shape index (κ2) is 8.05. The Morgan fingerprint density at radius 2 is 1.69 bits per heavy atom. The first-order chi connectivity index (χ1) is 14.1. The third-order valence-corrected chi connectivity index (χ3v) is 5.32. The Morgan fingerprint density at radius 3 is 2.34 bits per heavy atom. The molecule has 4 rings (SSSR count). The van der Waals surface area contributed by atoms with Crippen molar-refractivity contribution < 1.29 is 14.3 Å². The van der Waals surface area contributed by atoms with Gasteiger partial charge in [-0.05, 0) is 36.6 Å². The Balaban J connectivity index is 1.79. The molecule has 0 N–H and O–H groups in total. The Morgan fingerprint density at radius 1 is 1.03 bits per heavy atom. The Kier molecular flexibility index (Phi) is 5.31. The fourth-order valence-corrected chi connectivity index (χ4v) is 3.85. The van der Waals surface area contributed by atoms with E-state index in [-0.39, 0.29) is 24.6 Å². The van der Waals surface area contributed by atoms with Crippen molar-refractivity contribution in [2.24, 2.45) is 0 Å². The van der Waals surface area contributed by atoms with Gasteiger partial charge in [0.2, 0.25) is 5.95 Å². The van der Waals surface area contributed by atoms with Crippen molar-refractivity contribution in [2.75, 3.05) is 25.7 Å². The molecule has 2 aromatic carbocycles. The number of carbonyl (C=O) groups is 1. The topological polar surface area (TPSA) is 69.5 Å². The minimum atomic E-state index is -0.165. The second-order valence-electron chi connectivity index (χ2n) is 7.15. The average Bonchev–Trinajstić information content (AvgIpc) is 3.23. The van der Waals surface area contributed by atoms with E-state index in [0.29, 0.717) is 12.4 Å². The smallest absolute Gasteiger partial charge is 0.255 e. The third kappa shape index (κ3) is 3.61. The number of hydrogen-bond acceptors (Lipinski definition) is 5. The van der Waals surface area contributed by atoms with Crippen molar-refractivity contribution >= 4 is 11.9 Å². The standard InChI is InChI=1S/C22H24N4O3/c1-15-4-6-16(7-5-15)19-12-20(17-8-10-18(29-3)11-9-17)26-22(23-14-24-26)25(19)21(27)13-28-2/h4-11,14,19-20H,12-13H2,1-3H3/t19-,20-/m1/s1. The summed E-state index contributed by atoms with van der Waals surface area (Å²) in [7, 11) is 3.17. The molecule has 1 amide bonds. The number of anilines is 1. The number of benzene rings is 2. The van der Waals surface area contributed by atoms with Gasteiger partial charge in [0.1, 0.15) is 18.7 Å². The molecule has 0 spiro atoms. The van der Waals surface area contributed by atoms with E-state index in [1.54, 1.807) is 12.0 Å². The molecule has 2 atom stereocenters. The highest BCUT2D eigenvalue weighted by atomic mass is 16.5. The maximum atomic E-state index is 12.9. The molecule has 7 heteroatoms. The highest BCUT2D eigenvalue weighted by Gasteiger charge is 2.39. The largest absolute Gasteiger partial charge is 0.497 e. The molecular weight excluding hydrogens is 368 g/mol. The molecule has 0 bridgehead atoms. The van der Waals surface area contributed by atoms with Gasteiger partial charge in [-0.1, -0.05) is 42.0 Å². The van der Waals surface area contributed by atoms with Crippen molar-refractivity contribution in [3.8, 4) is 5.75 Å². The first-order valence-electron chi connectivity index (χ1n) is 9.53. The molecule has 0 radical (unpaired) electrons. The van der Waals surface area contributed by atoms with Gasteiger partial charge in [0.15, 0.2) is 0 Å². The number of amides is 1. The van der Waals surface area contributed by atoms with Crippen molar-refractivity contribution in [2.45, 2.75) is 25.4 Å². The van der Waals surface area contributed by atoms with Gasteiger partial charge in [-0.3, -0.25) is 9.69 Å². The molecule has 7 nitrogen and oxygen atoms in total. The van der Waals surface area contributed by atoms with Gasteiger partial charge in [0, 0.05) is 7.11 Å². The zero-order chi connectivity index (χ0) is 20.4. The molecule has 1 aliphatic heterocycles. The first-order valence-corrected chi connectivity index (χ1v) is 9.53. The van der Waals surface area contributed by atoms with Crippen LogP contribution in [0.15, 0.2) is 54.9 Å². The third-order valence-electron chi connectivity index (χ3n) is 5.32. The lowest BCUT2D eigenvalue weighted by Crippen LogP contribution is -2.44. The summed E-state index contributed by atoms with van der Waals surface area (Å²) in [6, 6.07) is 16.0. The molecule has 0 aliphatic carbocycles. The number of fused-ring (bicyclic) bond motifs is 1. The van der Waals surface area contributed by atoms with Crippen LogP contribution in [0.1, 0.15) is 35.2 Å². The van der Waals surface area contributed by atoms with Crippen LogP contribution in [0.2, 0.25) is 0 Å². The predicted molar refractivity (Wildman–Crippen MR) is 109 cm³/mol. The van der Waals surface area contributed by atoms with E-state index >= 15 is 0 Å². The summed E-state index contributed by atoms with van der Waals surface area (Å²) in [4.78, 5) is 19.1. The van der Waals surface area contributed by atoms with Crippen LogP contribution >= 0.6 is 0 Å². The molecule has 0 saturated heterocycles. The van der Waals surface area contributed by atoms with E-state index in [9.17, 15) is 4.79 Å². The lowest BCUT2D eigenvalue weighted by molar-refractivity contribution is -0.123. The van der Waals surface area contributed by atoms with E-state index in [4.69, 9.17) is 9.47 Å². The van der Waals surface area contributed by atoms with E-state index in [1.807, 2.05) is 28.9 Å². The fourth-order valence-electron chi connectivity index (χ4n) is 3.85. The maximum absolute atomic E-state index is 12.9. The van der Waals surface area contributed by atoms with Gasteiger partial charge in [-0.2, -0.15) is 10.1 Å². The molecule has 1 aromatic heterocycles. The molecule has 0 unspecified atom stereocenters. The first kappa shape index (κ1) is 19.1. The second-order valence-corrected chi connectivity index (χ2v) is 7.15. The molecule has 0 fully saturated rings. The molecule has 0 saturated carbocycles. The molecule has 2 heterocycles. The predicted octanol–water partition coefficient (Wildman–Crippen LogP) is 3.31. The highest BCUT2D eigenvalue weighted by molar-refractivity contribution is 5.93. The van der Waals surface area contributed by atoms with Gasteiger partial charge in [0.05, 0.1) is 19.2 Å². The quantitative estimate of drug-likeness (QED) is 0.666. The number of nitrogens with zero attached hydrogens (tertiary/aromatic N) is 4. The lowest BCUT2D eigenvalue weighted by atomic mass is 9.91. The van der Waals surface area contributed by atoms with Crippen molar-refractivity contribution in [1.82, 2.24) is 14.8 Å². The maximum Gasteiger partial charge on any atom is 0.255 e. The van der Waals surface area contributed by atoms with Gasteiger partial charge >= 0.3 is 0 Å². The van der Waals surface area contributed by atoms with Crippen LogP contribution < -0.4 is 9.64 Å². The lowest BCUT2D eigenvalue weighted by Gasteiger charge is -2.39. The van der Waals surface area contributed by atoms with E-state index in [0.717, 1.165) is 16.9 Å². The van der Waals surface area contributed by atoms with Crippen molar-refractivity contribution in [1.29, 1.82) is 0 Å². The molecular formula is C22H24N4O3. The minimum Gasteiger partial charge on any atom is -0.497 e. The zero-order valence-corrected chi connectivity index (χ0v) is 16.8. The summed E-state index contributed by atoms with van der Waals surface area (Å²) in [5.74, 6) is 1.19. The fraction of sp³-hybridized carbons (Fsp3) is 0.318. The van der Waals surface area contributed by atoms with Crippen LogP contribution in [-0.2, 0) is 9.53 Å². The summed E-state index contributed by atoms with van der Waals surface area (Å²) >= 11 is 0. The SMILES string of the molecule is COCC(=O)N1c2ncnn2[C@@H](c2ccc(OC)cc2)C[C@@H]1c1ccc(C)cc1. The highest BCUT2D eigenvalue weighted by Crippen LogP contribution is 2.42. The normalized spacial score (nSPS) is 18.4. The summed E-state index contributed by atoms with van der Waals surface area (Å²) in [6.45, 7) is 2.04. The van der Waals surface area contributed by atoms with Gasteiger partial charge in [-0.15, -0.1) is 0 Å². The van der Waals surface area contributed by atoms with Crippen LogP contribution in [0.3, 0.4) is 0 Å². The minimum absolute atomic E-state index is 0.0115. The number of aryl methyl sites for hydroxylation is 1.